The first-order valence-electron chi connectivity index (χ1n) is 6.10. The van der Waals surface area contributed by atoms with Crippen LogP contribution in [0.3, 0.4) is 0 Å². The van der Waals surface area contributed by atoms with E-state index < -0.39 is 29.6 Å². The number of hydrogen-bond acceptors (Lipinski definition) is 3. The van der Waals surface area contributed by atoms with Crippen molar-refractivity contribution in [1.82, 2.24) is 10.2 Å². The highest BCUT2D eigenvalue weighted by Gasteiger charge is 2.39. The van der Waals surface area contributed by atoms with Crippen molar-refractivity contribution in [2.75, 3.05) is 13.1 Å². The van der Waals surface area contributed by atoms with Crippen LogP contribution in [0.15, 0.2) is 0 Å². The summed E-state index contributed by atoms with van der Waals surface area (Å²) >= 11 is 0. The maximum atomic E-state index is 12.2. The van der Waals surface area contributed by atoms with Gasteiger partial charge in [0.25, 0.3) is 5.91 Å². The zero-order valence-corrected chi connectivity index (χ0v) is 11.6. The van der Waals surface area contributed by atoms with Gasteiger partial charge >= 0.3 is 12.5 Å². The van der Waals surface area contributed by atoms with E-state index in [1.807, 2.05) is 0 Å². The molecule has 0 bridgehead atoms. The third kappa shape index (κ3) is 4.65. The third-order valence-corrected chi connectivity index (χ3v) is 2.75. The molecule has 110 valence electrons. The fourth-order valence-electron chi connectivity index (χ4n) is 1.90. The highest BCUT2D eigenvalue weighted by molar-refractivity contribution is 5.80. The maximum Gasteiger partial charge on any atom is 0.410 e. The minimum Gasteiger partial charge on any atom is -0.444 e. The lowest BCUT2D eigenvalue weighted by molar-refractivity contribution is -0.133. The number of halogens is 2. The molecule has 1 fully saturated rings. The summed E-state index contributed by atoms with van der Waals surface area (Å²) in [6, 6.07) is 0. The van der Waals surface area contributed by atoms with E-state index in [4.69, 9.17) is 4.74 Å². The highest BCUT2D eigenvalue weighted by Crippen LogP contribution is 2.23. The fourth-order valence-corrected chi connectivity index (χ4v) is 1.90. The summed E-state index contributed by atoms with van der Waals surface area (Å²) in [7, 11) is 0. The first-order chi connectivity index (χ1) is 8.52. The molecular weight excluding hydrogens is 258 g/mol. The lowest BCUT2D eigenvalue weighted by Gasteiger charge is -2.27. The van der Waals surface area contributed by atoms with E-state index in [2.05, 4.69) is 5.32 Å². The predicted molar refractivity (Wildman–Crippen MR) is 65.0 cm³/mol. The maximum absolute atomic E-state index is 12.2. The van der Waals surface area contributed by atoms with Gasteiger partial charge in [-0.3, -0.25) is 4.79 Å². The molecule has 1 N–H and O–H groups in total. The van der Waals surface area contributed by atoms with Crippen molar-refractivity contribution in [3.8, 4) is 0 Å². The van der Waals surface area contributed by atoms with Crippen LogP contribution in [0.5, 0.6) is 0 Å². The van der Waals surface area contributed by atoms with E-state index in [0.29, 0.717) is 13.0 Å². The molecule has 2 amide bonds. The lowest BCUT2D eigenvalue weighted by Crippen LogP contribution is -2.50. The quantitative estimate of drug-likeness (QED) is 0.837. The van der Waals surface area contributed by atoms with Gasteiger partial charge in [0.15, 0.2) is 0 Å². The van der Waals surface area contributed by atoms with Crippen molar-refractivity contribution < 1.29 is 23.1 Å². The minimum atomic E-state index is -3.05. The van der Waals surface area contributed by atoms with Gasteiger partial charge in [0.2, 0.25) is 0 Å². The van der Waals surface area contributed by atoms with E-state index in [1.165, 1.54) is 4.90 Å². The summed E-state index contributed by atoms with van der Waals surface area (Å²) in [6.07, 6.45) is -3.13. The van der Waals surface area contributed by atoms with Gasteiger partial charge < -0.3 is 15.0 Å². The topological polar surface area (TPSA) is 58.6 Å². The minimum absolute atomic E-state index is 0.167. The fraction of sp³-hybridized carbons (Fsp3) is 0.833. The molecule has 5 nitrogen and oxygen atoms in total. The molecule has 1 atom stereocenters. The van der Waals surface area contributed by atoms with Crippen LogP contribution in [-0.2, 0) is 9.53 Å². The zero-order valence-electron chi connectivity index (χ0n) is 11.6. The van der Waals surface area contributed by atoms with Gasteiger partial charge in [0, 0.05) is 13.1 Å². The van der Waals surface area contributed by atoms with Crippen LogP contribution in [0, 0.1) is 0 Å². The standard InChI is InChI=1S/C12H20F2N2O3/c1-11(2,3)19-10(18)16-6-5-12(4,7-16)15-9(17)8(13)14/h8H,5-7H2,1-4H3,(H,15,17)/t12-/m1/s1. The number of rotatable bonds is 2. The van der Waals surface area contributed by atoms with Gasteiger partial charge in [-0.25, -0.2) is 4.79 Å². The number of amides is 2. The van der Waals surface area contributed by atoms with Crippen molar-refractivity contribution in [1.29, 1.82) is 0 Å². The summed E-state index contributed by atoms with van der Waals surface area (Å²) in [5.41, 5.74) is -1.44. The van der Waals surface area contributed by atoms with Crippen LogP contribution in [0.1, 0.15) is 34.1 Å². The molecule has 0 aromatic rings. The molecule has 1 rings (SSSR count). The molecule has 1 aliphatic rings. The molecule has 1 heterocycles. The average molecular weight is 278 g/mol. The van der Waals surface area contributed by atoms with Crippen LogP contribution in [0.2, 0.25) is 0 Å². The molecule has 0 radical (unpaired) electrons. The van der Waals surface area contributed by atoms with Crippen molar-refractivity contribution >= 4 is 12.0 Å². The summed E-state index contributed by atoms with van der Waals surface area (Å²) < 4.78 is 29.6. The number of hydrogen-bond donors (Lipinski definition) is 1. The van der Waals surface area contributed by atoms with Crippen LogP contribution in [-0.4, -0.2) is 47.6 Å². The molecule has 0 aromatic carbocycles. The molecule has 0 saturated carbocycles. The predicted octanol–water partition coefficient (Wildman–Crippen LogP) is 1.77. The van der Waals surface area contributed by atoms with E-state index in [1.54, 1.807) is 27.7 Å². The Kier molecular flexibility index (Phi) is 4.37. The molecule has 7 heteroatoms. The zero-order chi connectivity index (χ0) is 14.8. The Labute approximate surface area is 111 Å². The number of likely N-dealkylation sites (tertiary alicyclic amines) is 1. The molecule has 1 saturated heterocycles. The second-order valence-electron chi connectivity index (χ2n) is 6.00. The van der Waals surface area contributed by atoms with Gasteiger partial charge in [-0.1, -0.05) is 0 Å². The Morgan fingerprint density at radius 3 is 2.42 bits per heavy atom. The first kappa shape index (κ1) is 15.7. The normalized spacial score (nSPS) is 23.6. The largest absolute Gasteiger partial charge is 0.444 e. The number of ether oxygens (including phenoxy) is 1. The van der Waals surface area contributed by atoms with Gasteiger partial charge in [-0.05, 0) is 34.1 Å². The summed E-state index contributed by atoms with van der Waals surface area (Å²) in [5.74, 6) is -1.31. The SMILES string of the molecule is CC(C)(C)OC(=O)N1CC[C@@](C)(NC(=O)C(F)F)C1. The molecule has 0 spiro atoms. The van der Waals surface area contributed by atoms with Crippen molar-refractivity contribution in [2.24, 2.45) is 0 Å². The van der Waals surface area contributed by atoms with E-state index in [-0.39, 0.29) is 6.54 Å². The second kappa shape index (κ2) is 5.30. The molecule has 1 aliphatic heterocycles. The second-order valence-corrected chi connectivity index (χ2v) is 6.00. The van der Waals surface area contributed by atoms with Gasteiger partial charge in [-0.2, -0.15) is 8.78 Å². The average Bonchev–Trinajstić information content (AvgIpc) is 2.58. The van der Waals surface area contributed by atoms with Gasteiger partial charge in [-0.15, -0.1) is 0 Å². The number of carbonyl (C=O) groups excluding carboxylic acids is 2. The number of nitrogens with one attached hydrogen (secondary N) is 1. The molecule has 0 aliphatic carbocycles. The van der Waals surface area contributed by atoms with E-state index >= 15 is 0 Å². The Morgan fingerprint density at radius 1 is 1.37 bits per heavy atom. The Balaban J connectivity index is 2.57. The van der Waals surface area contributed by atoms with Crippen molar-refractivity contribution in [2.45, 2.75) is 51.7 Å². The van der Waals surface area contributed by atoms with Gasteiger partial charge in [0.1, 0.15) is 5.60 Å². The molecule has 0 aromatic heterocycles. The number of alkyl halides is 2. The monoisotopic (exact) mass is 278 g/mol. The molecule has 19 heavy (non-hydrogen) atoms. The summed E-state index contributed by atoms with van der Waals surface area (Å²) in [6.45, 7) is 7.42. The first-order valence-corrected chi connectivity index (χ1v) is 6.10. The Hall–Kier alpha value is -1.40. The molecule has 0 unspecified atom stereocenters. The summed E-state index contributed by atoms with van der Waals surface area (Å²) in [5, 5.41) is 2.26. The summed E-state index contributed by atoms with van der Waals surface area (Å²) in [4.78, 5) is 24.2. The smallest absolute Gasteiger partial charge is 0.410 e. The van der Waals surface area contributed by atoms with E-state index in [9.17, 15) is 18.4 Å². The van der Waals surface area contributed by atoms with Crippen LogP contribution < -0.4 is 5.32 Å². The number of nitrogens with zero attached hydrogens (tertiary/aromatic N) is 1. The number of carbonyl (C=O) groups is 2. The highest BCUT2D eigenvalue weighted by atomic mass is 19.3. The van der Waals surface area contributed by atoms with Crippen LogP contribution in [0.25, 0.3) is 0 Å². The van der Waals surface area contributed by atoms with Crippen LogP contribution >= 0.6 is 0 Å². The third-order valence-electron chi connectivity index (χ3n) is 2.75. The molecular formula is C12H20F2N2O3. The van der Waals surface area contributed by atoms with Crippen molar-refractivity contribution in [3.05, 3.63) is 0 Å². The van der Waals surface area contributed by atoms with Crippen molar-refractivity contribution in [3.63, 3.8) is 0 Å². The Bertz CT molecular complexity index is 368. The van der Waals surface area contributed by atoms with Crippen LogP contribution in [0.4, 0.5) is 13.6 Å². The Morgan fingerprint density at radius 2 is 1.95 bits per heavy atom. The van der Waals surface area contributed by atoms with E-state index in [0.717, 1.165) is 0 Å². The lowest BCUT2D eigenvalue weighted by atomic mass is 10.0. The van der Waals surface area contributed by atoms with Gasteiger partial charge in [0.05, 0.1) is 5.54 Å².